The minimum absolute atomic E-state index is 0.227. The lowest BCUT2D eigenvalue weighted by molar-refractivity contribution is 0.0821. The summed E-state index contributed by atoms with van der Waals surface area (Å²) in [7, 11) is 0. The number of ketones is 2. The van der Waals surface area contributed by atoms with Crippen molar-refractivity contribution in [1.82, 2.24) is 0 Å². The van der Waals surface area contributed by atoms with Gasteiger partial charge in [0.15, 0.2) is 11.6 Å². The van der Waals surface area contributed by atoms with Crippen LogP contribution in [0.15, 0.2) is 54.6 Å². The van der Waals surface area contributed by atoms with E-state index in [1.165, 1.54) is 24.3 Å². The van der Waals surface area contributed by atoms with Gasteiger partial charge in [-0.1, -0.05) is 30.3 Å². The van der Waals surface area contributed by atoms with Gasteiger partial charge in [-0.15, -0.1) is 0 Å². The van der Waals surface area contributed by atoms with Crippen molar-refractivity contribution in [2.24, 2.45) is 5.92 Å². The van der Waals surface area contributed by atoms with Gasteiger partial charge in [-0.25, -0.2) is 4.39 Å². The third-order valence-electron chi connectivity index (χ3n) is 2.97. The van der Waals surface area contributed by atoms with Crippen LogP contribution in [0.1, 0.15) is 27.6 Å². The lowest BCUT2D eigenvalue weighted by Gasteiger charge is -2.09. The van der Waals surface area contributed by atoms with E-state index in [0.29, 0.717) is 11.1 Å². The number of benzene rings is 2. The first-order valence-corrected chi connectivity index (χ1v) is 5.98. The van der Waals surface area contributed by atoms with Crippen LogP contribution in [0, 0.1) is 11.7 Å². The van der Waals surface area contributed by atoms with Gasteiger partial charge in [-0.05, 0) is 31.2 Å². The summed E-state index contributed by atoms with van der Waals surface area (Å²) >= 11 is 0. The highest BCUT2D eigenvalue weighted by Crippen LogP contribution is 2.15. The van der Waals surface area contributed by atoms with Crippen LogP contribution in [0.3, 0.4) is 0 Å². The van der Waals surface area contributed by atoms with Gasteiger partial charge in [-0.3, -0.25) is 9.59 Å². The van der Waals surface area contributed by atoms with Crippen molar-refractivity contribution in [2.75, 3.05) is 0 Å². The van der Waals surface area contributed by atoms with Crippen LogP contribution in [0.25, 0.3) is 0 Å². The van der Waals surface area contributed by atoms with Gasteiger partial charge in [0.05, 0.1) is 5.92 Å². The molecule has 0 saturated carbocycles. The van der Waals surface area contributed by atoms with E-state index < -0.39 is 11.7 Å². The number of carbonyl (C=O) groups is 2. The molecule has 0 amide bonds. The number of carbonyl (C=O) groups excluding carboxylic acids is 2. The minimum Gasteiger partial charge on any atom is -0.293 e. The molecule has 0 spiro atoms. The molecule has 0 aliphatic heterocycles. The summed E-state index contributed by atoms with van der Waals surface area (Å²) < 4.78 is 12.8. The SMILES string of the molecule is CC(C(=O)c1ccccc1)C(=O)c1ccc(F)cc1. The molecule has 2 aromatic rings. The fraction of sp³-hybridized carbons (Fsp3) is 0.125. The van der Waals surface area contributed by atoms with Crippen LogP contribution in [0.4, 0.5) is 4.39 Å². The Hall–Kier alpha value is -2.29. The van der Waals surface area contributed by atoms with Crippen LogP contribution in [-0.2, 0) is 0 Å². The van der Waals surface area contributed by atoms with E-state index in [1.807, 2.05) is 6.07 Å². The highest BCUT2D eigenvalue weighted by atomic mass is 19.1. The molecule has 2 nitrogen and oxygen atoms in total. The highest BCUT2D eigenvalue weighted by molar-refractivity contribution is 6.15. The van der Waals surface area contributed by atoms with Crippen molar-refractivity contribution >= 4 is 11.6 Å². The molecular weight excluding hydrogens is 243 g/mol. The molecule has 0 fully saturated rings. The Bertz CT molecular complexity index is 588. The molecule has 0 N–H and O–H groups in total. The molecule has 1 atom stereocenters. The third kappa shape index (κ3) is 2.94. The first kappa shape index (κ1) is 13.1. The van der Waals surface area contributed by atoms with Gasteiger partial charge >= 0.3 is 0 Å². The fourth-order valence-electron chi connectivity index (χ4n) is 1.84. The summed E-state index contributed by atoms with van der Waals surface area (Å²) in [6, 6.07) is 13.9. The second kappa shape index (κ2) is 5.57. The van der Waals surface area contributed by atoms with E-state index in [4.69, 9.17) is 0 Å². The van der Waals surface area contributed by atoms with Crippen LogP contribution < -0.4 is 0 Å². The first-order valence-electron chi connectivity index (χ1n) is 5.98. The monoisotopic (exact) mass is 256 g/mol. The van der Waals surface area contributed by atoms with Crippen LogP contribution in [0.5, 0.6) is 0 Å². The molecule has 0 aromatic heterocycles. The minimum atomic E-state index is -0.770. The molecule has 0 bridgehead atoms. The zero-order valence-electron chi connectivity index (χ0n) is 10.5. The summed E-state index contributed by atoms with van der Waals surface area (Å²) in [5, 5.41) is 0. The molecular formula is C16H13FO2. The maximum atomic E-state index is 12.8. The van der Waals surface area contributed by atoms with Crippen molar-refractivity contribution in [2.45, 2.75) is 6.92 Å². The Morgan fingerprint density at radius 3 is 1.84 bits per heavy atom. The van der Waals surface area contributed by atoms with Crippen molar-refractivity contribution in [3.05, 3.63) is 71.5 Å². The second-order valence-corrected chi connectivity index (χ2v) is 4.32. The predicted octanol–water partition coefficient (Wildman–Crippen LogP) is 3.53. The smallest absolute Gasteiger partial charge is 0.173 e. The Balaban J connectivity index is 2.20. The Labute approximate surface area is 110 Å². The zero-order chi connectivity index (χ0) is 13.8. The summed E-state index contributed by atoms with van der Waals surface area (Å²) in [5.74, 6) is -1.70. The number of rotatable bonds is 4. The van der Waals surface area contributed by atoms with E-state index >= 15 is 0 Å². The van der Waals surface area contributed by atoms with Gasteiger partial charge in [0.25, 0.3) is 0 Å². The number of halogens is 1. The van der Waals surface area contributed by atoms with E-state index in [0.717, 1.165) is 0 Å². The average Bonchev–Trinajstić information content (AvgIpc) is 2.46. The molecule has 3 heteroatoms. The standard InChI is InChI=1S/C16H13FO2/c1-11(15(18)12-5-3-2-4-6-12)16(19)13-7-9-14(17)10-8-13/h2-11H,1H3. The van der Waals surface area contributed by atoms with E-state index in [1.54, 1.807) is 31.2 Å². The van der Waals surface area contributed by atoms with Gasteiger partial charge in [0, 0.05) is 11.1 Å². The maximum absolute atomic E-state index is 12.8. The maximum Gasteiger partial charge on any atom is 0.173 e. The molecule has 0 saturated heterocycles. The second-order valence-electron chi connectivity index (χ2n) is 4.32. The normalized spacial score (nSPS) is 11.9. The van der Waals surface area contributed by atoms with Crippen LogP contribution in [0.2, 0.25) is 0 Å². The summed E-state index contributed by atoms with van der Waals surface area (Å²) in [6.45, 7) is 1.57. The summed E-state index contributed by atoms with van der Waals surface area (Å²) in [6.07, 6.45) is 0. The molecule has 0 heterocycles. The van der Waals surface area contributed by atoms with Crippen LogP contribution in [-0.4, -0.2) is 11.6 Å². The highest BCUT2D eigenvalue weighted by Gasteiger charge is 2.23. The Morgan fingerprint density at radius 1 is 0.842 bits per heavy atom. The molecule has 0 radical (unpaired) electrons. The lowest BCUT2D eigenvalue weighted by atomic mass is 9.92. The first-order chi connectivity index (χ1) is 9.09. The van der Waals surface area contributed by atoms with E-state index in [2.05, 4.69) is 0 Å². The van der Waals surface area contributed by atoms with E-state index in [-0.39, 0.29) is 11.6 Å². The van der Waals surface area contributed by atoms with E-state index in [9.17, 15) is 14.0 Å². The average molecular weight is 256 g/mol. The summed E-state index contributed by atoms with van der Waals surface area (Å²) in [4.78, 5) is 24.3. The van der Waals surface area contributed by atoms with Crippen molar-refractivity contribution < 1.29 is 14.0 Å². The largest absolute Gasteiger partial charge is 0.293 e. The molecule has 19 heavy (non-hydrogen) atoms. The fourth-order valence-corrected chi connectivity index (χ4v) is 1.84. The molecule has 1 unspecified atom stereocenters. The van der Waals surface area contributed by atoms with Crippen molar-refractivity contribution in [1.29, 1.82) is 0 Å². The lowest BCUT2D eigenvalue weighted by Crippen LogP contribution is -2.21. The van der Waals surface area contributed by atoms with Crippen LogP contribution >= 0.6 is 0 Å². The van der Waals surface area contributed by atoms with Gasteiger partial charge in [-0.2, -0.15) is 0 Å². The van der Waals surface area contributed by atoms with Gasteiger partial charge in [0.2, 0.25) is 0 Å². The Kier molecular flexibility index (Phi) is 3.85. The van der Waals surface area contributed by atoms with Gasteiger partial charge < -0.3 is 0 Å². The van der Waals surface area contributed by atoms with Crippen molar-refractivity contribution in [3.8, 4) is 0 Å². The molecule has 2 aromatic carbocycles. The number of Topliss-reactive ketones (excluding diaryl/α,β-unsaturated/α-hetero) is 2. The topological polar surface area (TPSA) is 34.1 Å². The molecule has 0 aliphatic rings. The zero-order valence-corrected chi connectivity index (χ0v) is 10.5. The number of hydrogen-bond acceptors (Lipinski definition) is 2. The summed E-state index contributed by atoms with van der Waals surface area (Å²) in [5.41, 5.74) is 0.851. The number of hydrogen-bond donors (Lipinski definition) is 0. The molecule has 0 aliphatic carbocycles. The predicted molar refractivity (Wildman–Crippen MR) is 70.7 cm³/mol. The third-order valence-corrected chi connectivity index (χ3v) is 2.97. The molecule has 2 rings (SSSR count). The molecule has 96 valence electrons. The van der Waals surface area contributed by atoms with Gasteiger partial charge in [0.1, 0.15) is 5.82 Å². The Morgan fingerprint density at radius 2 is 1.32 bits per heavy atom. The quantitative estimate of drug-likeness (QED) is 0.619. The van der Waals surface area contributed by atoms with Crippen molar-refractivity contribution in [3.63, 3.8) is 0 Å².